The number of nitrogens with zero attached hydrogens (tertiary/aromatic N) is 1. The molecule has 120 valence electrons. The van der Waals surface area contributed by atoms with Crippen molar-refractivity contribution >= 4 is 0 Å². The van der Waals surface area contributed by atoms with Gasteiger partial charge >= 0.3 is 12.4 Å². The van der Waals surface area contributed by atoms with Gasteiger partial charge in [0, 0.05) is 6.54 Å². The van der Waals surface area contributed by atoms with Crippen LogP contribution in [0.3, 0.4) is 0 Å². The van der Waals surface area contributed by atoms with E-state index >= 15 is 0 Å². The van der Waals surface area contributed by atoms with E-state index in [0.29, 0.717) is 37.7 Å². The minimum atomic E-state index is -4.66. The number of alkyl halides is 6. The summed E-state index contributed by atoms with van der Waals surface area (Å²) in [6.45, 7) is 4.48. The van der Waals surface area contributed by atoms with Crippen LogP contribution in [0.15, 0.2) is 18.2 Å². The molecule has 1 rings (SSSR count). The summed E-state index contributed by atoms with van der Waals surface area (Å²) in [5.74, 6) is 0. The molecule has 0 heterocycles. The van der Waals surface area contributed by atoms with E-state index in [0.717, 1.165) is 0 Å². The van der Waals surface area contributed by atoms with E-state index in [-0.39, 0.29) is 12.1 Å². The van der Waals surface area contributed by atoms with Crippen LogP contribution in [0.5, 0.6) is 0 Å². The molecular formula is C14H17F6N. The van der Waals surface area contributed by atoms with Crippen molar-refractivity contribution in [3.63, 3.8) is 0 Å². The lowest BCUT2D eigenvalue weighted by atomic mass is 10.0. The Labute approximate surface area is 119 Å². The molecule has 0 bridgehead atoms. The monoisotopic (exact) mass is 313 g/mol. The van der Waals surface area contributed by atoms with Gasteiger partial charge in [-0.3, -0.25) is 4.90 Å². The maximum Gasteiger partial charge on any atom is 0.416 e. The highest BCUT2D eigenvalue weighted by Gasteiger charge is 2.37. The molecule has 0 saturated carbocycles. The first-order valence-electron chi connectivity index (χ1n) is 6.59. The third kappa shape index (κ3) is 4.91. The Hall–Kier alpha value is -1.24. The normalized spacial score (nSPS) is 13.0. The fourth-order valence-corrected chi connectivity index (χ4v) is 2.08. The molecule has 1 aromatic carbocycles. The Morgan fingerprint density at radius 3 is 2.00 bits per heavy atom. The lowest BCUT2D eigenvalue weighted by Crippen LogP contribution is -2.25. The fourth-order valence-electron chi connectivity index (χ4n) is 2.08. The third-order valence-electron chi connectivity index (χ3n) is 3.12. The summed E-state index contributed by atoms with van der Waals surface area (Å²) in [5.41, 5.74) is -2.41. The van der Waals surface area contributed by atoms with Gasteiger partial charge in [-0.1, -0.05) is 13.8 Å². The lowest BCUT2D eigenvalue weighted by molar-refractivity contribution is -0.142. The first-order chi connectivity index (χ1) is 9.59. The molecule has 0 saturated heterocycles. The predicted molar refractivity (Wildman–Crippen MR) is 67.7 cm³/mol. The van der Waals surface area contributed by atoms with Gasteiger partial charge in [-0.05, 0) is 43.3 Å². The molecule has 0 aliphatic heterocycles. The van der Waals surface area contributed by atoms with Crippen LogP contribution in [0.25, 0.3) is 0 Å². The Bertz CT molecular complexity index is 464. The summed E-state index contributed by atoms with van der Waals surface area (Å²) in [6, 6.07) is 1.58. The first kappa shape index (κ1) is 17.8. The van der Waals surface area contributed by atoms with Crippen LogP contribution in [-0.2, 0) is 18.9 Å². The summed E-state index contributed by atoms with van der Waals surface area (Å²) in [4.78, 5) is 1.69. The highest BCUT2D eigenvalue weighted by molar-refractivity contribution is 5.35. The summed E-state index contributed by atoms with van der Waals surface area (Å²) in [5, 5.41) is 0. The number of hydrogen-bond acceptors (Lipinski definition) is 1. The van der Waals surface area contributed by atoms with Crippen LogP contribution >= 0.6 is 0 Å². The maximum absolute atomic E-state index is 12.9. The van der Waals surface area contributed by atoms with Gasteiger partial charge in [-0.25, -0.2) is 0 Å². The zero-order valence-electron chi connectivity index (χ0n) is 11.8. The van der Waals surface area contributed by atoms with Gasteiger partial charge in [0.05, 0.1) is 11.1 Å². The van der Waals surface area contributed by atoms with Crippen molar-refractivity contribution in [2.75, 3.05) is 13.1 Å². The number of halogens is 6. The van der Waals surface area contributed by atoms with Crippen molar-refractivity contribution < 1.29 is 26.3 Å². The van der Waals surface area contributed by atoms with E-state index in [1.54, 1.807) is 11.8 Å². The zero-order valence-corrected chi connectivity index (χ0v) is 11.8. The molecule has 0 atom stereocenters. The average molecular weight is 313 g/mol. The zero-order chi connectivity index (χ0) is 16.3. The molecule has 0 amide bonds. The second kappa shape index (κ2) is 6.68. The standard InChI is InChI=1S/C14H17F6N/c1-3-7-21(4-2)9-10-8-11(13(15,16)17)5-6-12(10)14(18,19)20/h5-6,8H,3-4,7,9H2,1-2H3. The predicted octanol–water partition coefficient (Wildman–Crippen LogP) is 4.96. The van der Waals surface area contributed by atoms with Gasteiger partial charge < -0.3 is 0 Å². The second-order valence-electron chi connectivity index (χ2n) is 4.74. The van der Waals surface area contributed by atoms with Crippen LogP contribution in [0.2, 0.25) is 0 Å². The number of hydrogen-bond donors (Lipinski definition) is 0. The summed E-state index contributed by atoms with van der Waals surface area (Å²) < 4.78 is 76.8. The summed E-state index contributed by atoms with van der Waals surface area (Å²) in [6.07, 6.45) is -8.60. The molecule has 7 heteroatoms. The van der Waals surface area contributed by atoms with Gasteiger partial charge in [0.15, 0.2) is 0 Å². The van der Waals surface area contributed by atoms with Crippen molar-refractivity contribution in [3.05, 3.63) is 34.9 Å². The van der Waals surface area contributed by atoms with E-state index in [1.807, 2.05) is 6.92 Å². The molecular weight excluding hydrogens is 296 g/mol. The lowest BCUT2D eigenvalue weighted by Gasteiger charge is -2.23. The quantitative estimate of drug-likeness (QED) is 0.695. The van der Waals surface area contributed by atoms with Crippen molar-refractivity contribution in [3.8, 4) is 0 Å². The van der Waals surface area contributed by atoms with Crippen molar-refractivity contribution in [1.29, 1.82) is 0 Å². The number of rotatable bonds is 5. The molecule has 0 aliphatic rings. The third-order valence-corrected chi connectivity index (χ3v) is 3.12. The Morgan fingerprint density at radius 2 is 1.57 bits per heavy atom. The number of benzene rings is 1. The smallest absolute Gasteiger partial charge is 0.299 e. The van der Waals surface area contributed by atoms with Gasteiger partial charge in [0.2, 0.25) is 0 Å². The first-order valence-corrected chi connectivity index (χ1v) is 6.59. The molecule has 1 nitrogen and oxygen atoms in total. The van der Waals surface area contributed by atoms with Gasteiger partial charge in [-0.15, -0.1) is 0 Å². The molecule has 0 radical (unpaired) electrons. The van der Waals surface area contributed by atoms with Crippen molar-refractivity contribution in [2.24, 2.45) is 0 Å². The molecule has 0 spiro atoms. The Kier molecular flexibility index (Phi) is 5.67. The second-order valence-corrected chi connectivity index (χ2v) is 4.74. The molecule has 0 fully saturated rings. The highest BCUT2D eigenvalue weighted by Crippen LogP contribution is 2.36. The van der Waals surface area contributed by atoms with Crippen LogP contribution < -0.4 is 0 Å². The maximum atomic E-state index is 12.9. The molecule has 0 N–H and O–H groups in total. The van der Waals surface area contributed by atoms with E-state index in [2.05, 4.69) is 0 Å². The van der Waals surface area contributed by atoms with E-state index in [4.69, 9.17) is 0 Å². The molecule has 0 aromatic heterocycles. The molecule has 0 aliphatic carbocycles. The van der Waals surface area contributed by atoms with Crippen LogP contribution in [0.4, 0.5) is 26.3 Å². The summed E-state index contributed by atoms with van der Waals surface area (Å²) in [7, 11) is 0. The van der Waals surface area contributed by atoms with E-state index in [1.165, 1.54) is 0 Å². The van der Waals surface area contributed by atoms with Crippen molar-refractivity contribution in [2.45, 2.75) is 39.2 Å². The Balaban J connectivity index is 3.23. The van der Waals surface area contributed by atoms with Crippen molar-refractivity contribution in [1.82, 2.24) is 4.90 Å². The minimum Gasteiger partial charge on any atom is -0.299 e. The van der Waals surface area contributed by atoms with E-state index in [9.17, 15) is 26.3 Å². The van der Waals surface area contributed by atoms with Gasteiger partial charge in [-0.2, -0.15) is 26.3 Å². The highest BCUT2D eigenvalue weighted by atomic mass is 19.4. The van der Waals surface area contributed by atoms with Crippen LogP contribution in [0, 0.1) is 0 Å². The SMILES string of the molecule is CCCN(CC)Cc1cc(C(F)(F)F)ccc1C(F)(F)F. The van der Waals surface area contributed by atoms with Gasteiger partial charge in [0.1, 0.15) is 0 Å². The Morgan fingerprint density at radius 1 is 0.952 bits per heavy atom. The largest absolute Gasteiger partial charge is 0.416 e. The fraction of sp³-hybridized carbons (Fsp3) is 0.571. The molecule has 1 aromatic rings. The summed E-state index contributed by atoms with van der Waals surface area (Å²) >= 11 is 0. The van der Waals surface area contributed by atoms with Crippen LogP contribution in [0.1, 0.15) is 37.0 Å². The molecule has 0 unspecified atom stereocenters. The van der Waals surface area contributed by atoms with Gasteiger partial charge in [0.25, 0.3) is 0 Å². The average Bonchev–Trinajstić information content (AvgIpc) is 2.35. The topological polar surface area (TPSA) is 3.24 Å². The van der Waals surface area contributed by atoms with E-state index < -0.39 is 23.5 Å². The van der Waals surface area contributed by atoms with Crippen LogP contribution in [-0.4, -0.2) is 18.0 Å². The molecule has 21 heavy (non-hydrogen) atoms. The minimum absolute atomic E-state index is 0.150.